The van der Waals surface area contributed by atoms with E-state index >= 15 is 0 Å². The molecule has 1 rings (SSSR count). The summed E-state index contributed by atoms with van der Waals surface area (Å²) in [4.78, 5) is 13.6. The zero-order valence-electron chi connectivity index (χ0n) is 10.6. The Balaban J connectivity index is 2.65. The Bertz CT molecular complexity index is 362. The minimum atomic E-state index is -0.513. The van der Waals surface area contributed by atoms with E-state index in [0.717, 1.165) is 5.69 Å². The Morgan fingerprint density at radius 3 is 2.53 bits per heavy atom. The molecule has 0 radical (unpaired) electrons. The van der Waals surface area contributed by atoms with E-state index < -0.39 is 6.04 Å². The zero-order chi connectivity index (χ0) is 12.8. The Labute approximate surface area is 102 Å². The number of hydrogen-bond acceptors (Lipinski definition) is 3. The molecule has 0 fully saturated rings. The van der Waals surface area contributed by atoms with Crippen LogP contribution in [0.15, 0.2) is 24.3 Å². The first-order valence-corrected chi connectivity index (χ1v) is 5.65. The molecule has 0 aromatic heterocycles. The van der Waals surface area contributed by atoms with E-state index in [-0.39, 0.29) is 5.91 Å². The number of carbonyl (C=O) groups excluding carboxylic acids is 1. The van der Waals surface area contributed by atoms with Crippen LogP contribution < -0.4 is 10.6 Å². The second-order valence-corrected chi connectivity index (χ2v) is 4.12. The number of ether oxygens (including phenoxy) is 1. The van der Waals surface area contributed by atoms with E-state index in [1.54, 1.807) is 19.1 Å². The molecule has 1 aromatic carbocycles. The number of aryl methyl sites for hydroxylation is 1. The van der Waals surface area contributed by atoms with Crippen molar-refractivity contribution in [1.29, 1.82) is 0 Å². The third kappa shape index (κ3) is 3.84. The van der Waals surface area contributed by atoms with Gasteiger partial charge in [-0.15, -0.1) is 0 Å². The van der Waals surface area contributed by atoms with Gasteiger partial charge in [-0.05, 0) is 25.5 Å². The van der Waals surface area contributed by atoms with Gasteiger partial charge in [0.15, 0.2) is 0 Å². The van der Waals surface area contributed by atoms with Crippen LogP contribution in [0, 0.1) is 6.92 Å². The van der Waals surface area contributed by atoms with Gasteiger partial charge in [0, 0.05) is 26.5 Å². The second kappa shape index (κ2) is 6.37. The smallest absolute Gasteiger partial charge is 0.243 e. The van der Waals surface area contributed by atoms with Crippen molar-refractivity contribution < 1.29 is 9.53 Å². The zero-order valence-corrected chi connectivity index (χ0v) is 10.6. The van der Waals surface area contributed by atoms with Gasteiger partial charge in [-0.2, -0.15) is 0 Å². The number of methoxy groups -OCH3 is 1. The largest absolute Gasteiger partial charge is 0.385 e. The lowest BCUT2D eigenvalue weighted by Crippen LogP contribution is -2.42. The number of rotatable bonds is 5. The molecule has 0 aliphatic heterocycles. The van der Waals surface area contributed by atoms with Crippen molar-refractivity contribution in [3.8, 4) is 0 Å². The summed E-state index contributed by atoms with van der Waals surface area (Å²) in [7, 11) is 3.33. The molecule has 0 aliphatic carbocycles. The normalized spacial score (nSPS) is 12.2. The maximum absolute atomic E-state index is 12.0. The van der Waals surface area contributed by atoms with Crippen LogP contribution in [0.2, 0.25) is 0 Å². The van der Waals surface area contributed by atoms with Crippen molar-refractivity contribution in [1.82, 2.24) is 0 Å². The summed E-state index contributed by atoms with van der Waals surface area (Å²) in [5, 5.41) is 0. The average molecular weight is 236 g/mol. The van der Waals surface area contributed by atoms with Crippen LogP contribution >= 0.6 is 0 Å². The summed E-state index contributed by atoms with van der Waals surface area (Å²) in [6.45, 7) is 2.50. The molecule has 1 unspecified atom stereocenters. The van der Waals surface area contributed by atoms with Crippen molar-refractivity contribution in [3.63, 3.8) is 0 Å². The van der Waals surface area contributed by atoms with Gasteiger partial charge in [-0.3, -0.25) is 4.79 Å². The molecule has 2 N–H and O–H groups in total. The summed E-state index contributed by atoms with van der Waals surface area (Å²) in [5.41, 5.74) is 7.82. The van der Waals surface area contributed by atoms with Gasteiger partial charge in [0.1, 0.15) is 0 Å². The van der Waals surface area contributed by atoms with Gasteiger partial charge >= 0.3 is 0 Å². The summed E-state index contributed by atoms with van der Waals surface area (Å²) in [5.74, 6) is -0.0918. The summed E-state index contributed by atoms with van der Waals surface area (Å²) in [6, 6.07) is 7.26. The van der Waals surface area contributed by atoms with Crippen LogP contribution in [0.5, 0.6) is 0 Å². The van der Waals surface area contributed by atoms with Gasteiger partial charge < -0.3 is 15.4 Å². The number of nitrogens with two attached hydrogens (primary N) is 1. The standard InChI is InChI=1S/C13H20N2O2/c1-10-4-6-11(7-5-10)15(2)13(16)12(14)8-9-17-3/h4-7,12H,8-9,14H2,1-3H3. The summed E-state index contributed by atoms with van der Waals surface area (Å²) < 4.78 is 4.91. The molecule has 4 nitrogen and oxygen atoms in total. The molecule has 1 aromatic rings. The SMILES string of the molecule is COCCC(N)C(=O)N(C)c1ccc(C)cc1. The summed E-state index contributed by atoms with van der Waals surface area (Å²) in [6.07, 6.45) is 0.533. The highest BCUT2D eigenvalue weighted by atomic mass is 16.5. The van der Waals surface area contributed by atoms with Crippen molar-refractivity contribution in [2.24, 2.45) is 5.73 Å². The van der Waals surface area contributed by atoms with Crippen LogP contribution in [0.1, 0.15) is 12.0 Å². The van der Waals surface area contributed by atoms with Gasteiger partial charge in [0.2, 0.25) is 5.91 Å². The fraction of sp³-hybridized carbons (Fsp3) is 0.462. The number of hydrogen-bond donors (Lipinski definition) is 1. The van der Waals surface area contributed by atoms with Gasteiger partial charge in [-0.25, -0.2) is 0 Å². The number of benzene rings is 1. The monoisotopic (exact) mass is 236 g/mol. The average Bonchev–Trinajstić information content (AvgIpc) is 2.35. The molecule has 0 spiro atoms. The fourth-order valence-corrected chi connectivity index (χ4v) is 1.51. The van der Waals surface area contributed by atoms with Crippen LogP contribution in [0.25, 0.3) is 0 Å². The molecule has 4 heteroatoms. The van der Waals surface area contributed by atoms with Crippen molar-refractivity contribution in [3.05, 3.63) is 29.8 Å². The lowest BCUT2D eigenvalue weighted by molar-refractivity contribution is -0.119. The molecular weight excluding hydrogens is 216 g/mol. The first kappa shape index (κ1) is 13.7. The van der Waals surface area contributed by atoms with Crippen LogP contribution in [-0.2, 0) is 9.53 Å². The highest BCUT2D eigenvalue weighted by molar-refractivity contribution is 5.96. The van der Waals surface area contributed by atoms with E-state index in [1.165, 1.54) is 5.56 Å². The maximum Gasteiger partial charge on any atom is 0.243 e. The minimum Gasteiger partial charge on any atom is -0.385 e. The topological polar surface area (TPSA) is 55.6 Å². The lowest BCUT2D eigenvalue weighted by Gasteiger charge is -2.21. The third-order valence-electron chi connectivity index (χ3n) is 2.70. The predicted octanol–water partition coefficient (Wildman–Crippen LogP) is 1.32. The number of amides is 1. The first-order valence-electron chi connectivity index (χ1n) is 5.65. The fourth-order valence-electron chi connectivity index (χ4n) is 1.51. The van der Waals surface area contributed by atoms with E-state index in [9.17, 15) is 4.79 Å². The molecule has 0 saturated heterocycles. The van der Waals surface area contributed by atoms with Crippen LogP contribution in [0.3, 0.4) is 0 Å². The summed E-state index contributed by atoms with van der Waals surface area (Å²) >= 11 is 0. The Kier molecular flexibility index (Phi) is 5.12. The van der Waals surface area contributed by atoms with Gasteiger partial charge in [-0.1, -0.05) is 17.7 Å². The van der Waals surface area contributed by atoms with Crippen LogP contribution in [-0.4, -0.2) is 32.7 Å². The second-order valence-electron chi connectivity index (χ2n) is 4.12. The molecule has 0 heterocycles. The Morgan fingerprint density at radius 1 is 1.41 bits per heavy atom. The molecule has 0 aliphatic rings. The number of carbonyl (C=O) groups is 1. The van der Waals surface area contributed by atoms with Gasteiger partial charge in [0.05, 0.1) is 6.04 Å². The quantitative estimate of drug-likeness (QED) is 0.839. The molecule has 1 amide bonds. The van der Waals surface area contributed by atoms with Gasteiger partial charge in [0.25, 0.3) is 0 Å². The molecule has 0 bridgehead atoms. The molecule has 94 valence electrons. The highest BCUT2D eigenvalue weighted by Crippen LogP contribution is 2.14. The van der Waals surface area contributed by atoms with E-state index in [4.69, 9.17) is 10.5 Å². The van der Waals surface area contributed by atoms with Crippen molar-refractivity contribution in [2.45, 2.75) is 19.4 Å². The van der Waals surface area contributed by atoms with Crippen LogP contribution in [0.4, 0.5) is 5.69 Å². The molecule has 0 saturated carbocycles. The molecule has 1 atom stereocenters. The van der Waals surface area contributed by atoms with Crippen molar-refractivity contribution in [2.75, 3.05) is 25.7 Å². The number of nitrogens with zero attached hydrogens (tertiary/aromatic N) is 1. The van der Waals surface area contributed by atoms with E-state index in [1.807, 2.05) is 31.2 Å². The Morgan fingerprint density at radius 2 is 2.00 bits per heavy atom. The van der Waals surface area contributed by atoms with E-state index in [0.29, 0.717) is 13.0 Å². The number of likely N-dealkylation sites (N-methyl/N-ethyl adjacent to an activating group) is 1. The lowest BCUT2D eigenvalue weighted by atomic mass is 10.1. The number of anilines is 1. The molecule has 17 heavy (non-hydrogen) atoms. The van der Waals surface area contributed by atoms with Crippen molar-refractivity contribution >= 4 is 11.6 Å². The van der Waals surface area contributed by atoms with E-state index in [2.05, 4.69) is 0 Å². The first-order chi connectivity index (χ1) is 8.06. The maximum atomic E-state index is 12.0. The third-order valence-corrected chi connectivity index (χ3v) is 2.70. The predicted molar refractivity (Wildman–Crippen MR) is 69.1 cm³/mol. The Hall–Kier alpha value is -1.39. The molecular formula is C13H20N2O2. The minimum absolute atomic E-state index is 0.0918. The highest BCUT2D eigenvalue weighted by Gasteiger charge is 2.18.